The van der Waals surface area contributed by atoms with E-state index in [9.17, 15) is 18.3 Å². The summed E-state index contributed by atoms with van der Waals surface area (Å²) in [6.45, 7) is 5.18. The number of carbonyl (C=O) groups is 1. The number of benzene rings is 1. The molecule has 1 rings (SSSR count). The third-order valence-corrected chi connectivity index (χ3v) is 4.76. The molecule has 1 aromatic rings. The maximum atomic E-state index is 11.8. The fourth-order valence-corrected chi connectivity index (χ4v) is 2.32. The van der Waals surface area contributed by atoms with Gasteiger partial charge in [0.05, 0.1) is 16.3 Å². The van der Waals surface area contributed by atoms with E-state index in [1.54, 1.807) is 13.8 Å². The van der Waals surface area contributed by atoms with Gasteiger partial charge in [0.15, 0.2) is 9.84 Å². The minimum atomic E-state index is -3.36. The molecule has 1 amide bonds. The van der Waals surface area contributed by atoms with E-state index in [0.717, 1.165) is 0 Å². The van der Waals surface area contributed by atoms with Crippen LogP contribution in [0.2, 0.25) is 0 Å². The highest BCUT2D eigenvalue weighted by atomic mass is 32.2. The quantitative estimate of drug-likeness (QED) is 0.812. The second-order valence-electron chi connectivity index (χ2n) is 4.38. The highest BCUT2D eigenvalue weighted by molar-refractivity contribution is 7.91. The summed E-state index contributed by atoms with van der Waals surface area (Å²) in [5.41, 5.74) is 0.125. The molecule has 0 fully saturated rings. The summed E-state index contributed by atoms with van der Waals surface area (Å²) in [4.78, 5) is 11.8. The first kappa shape index (κ1) is 15.5. The molecule has 0 aliphatic carbocycles. The van der Waals surface area contributed by atoms with Crippen molar-refractivity contribution in [2.75, 3.05) is 11.1 Å². The lowest BCUT2D eigenvalue weighted by Crippen LogP contribution is -2.20. The van der Waals surface area contributed by atoms with Crippen molar-refractivity contribution in [1.29, 1.82) is 0 Å². The van der Waals surface area contributed by atoms with Crippen LogP contribution in [0.3, 0.4) is 0 Å². The number of phenolic OH excluding ortho intramolecular Hbond substituents is 1. The number of carbonyl (C=O) groups excluding carboxylic acids is 1. The Hall–Kier alpha value is -1.56. The van der Waals surface area contributed by atoms with Gasteiger partial charge < -0.3 is 10.4 Å². The van der Waals surface area contributed by atoms with E-state index in [2.05, 4.69) is 5.32 Å². The first-order chi connectivity index (χ1) is 8.81. The maximum absolute atomic E-state index is 11.8. The van der Waals surface area contributed by atoms with Gasteiger partial charge in [-0.2, -0.15) is 0 Å². The summed E-state index contributed by atoms with van der Waals surface area (Å²) in [6, 6.07) is 3.89. The molecule has 5 nitrogen and oxygen atoms in total. The van der Waals surface area contributed by atoms with Gasteiger partial charge >= 0.3 is 0 Å². The first-order valence-electron chi connectivity index (χ1n) is 6.18. The molecular weight excluding hydrogens is 266 g/mol. The lowest BCUT2D eigenvalue weighted by molar-refractivity contribution is -0.119. The topological polar surface area (TPSA) is 83.5 Å². The van der Waals surface area contributed by atoms with Gasteiger partial charge in [0.25, 0.3) is 0 Å². The fourth-order valence-electron chi connectivity index (χ4n) is 1.42. The number of amides is 1. The normalized spacial score (nSPS) is 13.0. The van der Waals surface area contributed by atoms with E-state index >= 15 is 0 Å². The molecule has 1 aromatic carbocycles. The molecule has 6 heteroatoms. The van der Waals surface area contributed by atoms with Crippen molar-refractivity contribution in [2.24, 2.45) is 5.92 Å². The number of aromatic hydroxyl groups is 1. The molecule has 2 N–H and O–H groups in total. The smallest absolute Gasteiger partial charge is 0.227 e. The van der Waals surface area contributed by atoms with Crippen molar-refractivity contribution in [3.8, 4) is 5.75 Å². The number of phenols is 1. The van der Waals surface area contributed by atoms with Gasteiger partial charge in [0, 0.05) is 5.92 Å². The molecule has 0 radical (unpaired) electrons. The average Bonchev–Trinajstić information content (AvgIpc) is 2.39. The molecule has 19 heavy (non-hydrogen) atoms. The molecule has 0 saturated carbocycles. The van der Waals surface area contributed by atoms with E-state index in [0.29, 0.717) is 6.42 Å². The monoisotopic (exact) mass is 285 g/mol. The number of hydrogen-bond acceptors (Lipinski definition) is 4. The summed E-state index contributed by atoms with van der Waals surface area (Å²) in [7, 11) is -3.36. The largest absolute Gasteiger partial charge is 0.506 e. The van der Waals surface area contributed by atoms with Crippen LogP contribution in [0.5, 0.6) is 5.75 Å². The van der Waals surface area contributed by atoms with E-state index < -0.39 is 9.84 Å². The Morgan fingerprint density at radius 2 is 2.00 bits per heavy atom. The second kappa shape index (κ2) is 6.06. The van der Waals surface area contributed by atoms with Gasteiger partial charge in [-0.3, -0.25) is 4.79 Å². The van der Waals surface area contributed by atoms with Gasteiger partial charge in [-0.25, -0.2) is 8.42 Å². The van der Waals surface area contributed by atoms with Crippen LogP contribution in [-0.2, 0) is 14.6 Å². The number of nitrogens with one attached hydrogen (secondary N) is 1. The minimum Gasteiger partial charge on any atom is -0.506 e. The number of anilines is 1. The lowest BCUT2D eigenvalue weighted by atomic mass is 10.1. The Kier molecular flexibility index (Phi) is 4.94. The molecule has 0 saturated heterocycles. The van der Waals surface area contributed by atoms with E-state index in [1.807, 2.05) is 6.92 Å². The molecular formula is C13H19NO4S. The van der Waals surface area contributed by atoms with Crippen LogP contribution in [-0.4, -0.2) is 25.2 Å². The van der Waals surface area contributed by atoms with Crippen LogP contribution in [0, 0.1) is 5.92 Å². The first-order valence-corrected chi connectivity index (χ1v) is 7.83. The molecule has 1 atom stereocenters. The molecule has 0 spiro atoms. The van der Waals surface area contributed by atoms with Crippen molar-refractivity contribution in [3.05, 3.63) is 18.2 Å². The summed E-state index contributed by atoms with van der Waals surface area (Å²) < 4.78 is 23.5. The highest BCUT2D eigenvalue weighted by Gasteiger charge is 2.17. The predicted octanol–water partition coefficient (Wildman–Crippen LogP) is 2.17. The summed E-state index contributed by atoms with van der Waals surface area (Å²) >= 11 is 0. The van der Waals surface area contributed by atoms with Crippen molar-refractivity contribution >= 4 is 21.4 Å². The number of sulfone groups is 1. The molecule has 1 unspecified atom stereocenters. The standard InChI is InChI=1S/C13H19NO4S/c1-4-9(3)13(16)14-11-8-10(6-7-12(11)15)19(17,18)5-2/h6-9,15H,4-5H2,1-3H3,(H,14,16). The second-order valence-corrected chi connectivity index (χ2v) is 6.66. The van der Waals surface area contributed by atoms with Crippen molar-refractivity contribution in [1.82, 2.24) is 0 Å². The Morgan fingerprint density at radius 1 is 1.37 bits per heavy atom. The summed E-state index contributed by atoms with van der Waals surface area (Å²) in [6.07, 6.45) is 0.666. The average molecular weight is 285 g/mol. The molecule has 0 heterocycles. The molecule has 106 valence electrons. The van der Waals surface area contributed by atoms with Crippen molar-refractivity contribution < 1.29 is 18.3 Å². The molecule has 0 bridgehead atoms. The predicted molar refractivity (Wildman–Crippen MR) is 73.9 cm³/mol. The third kappa shape index (κ3) is 3.70. The minimum absolute atomic E-state index is 0.0312. The fraction of sp³-hybridized carbons (Fsp3) is 0.462. The summed E-state index contributed by atoms with van der Waals surface area (Å²) in [5.74, 6) is -0.627. The van der Waals surface area contributed by atoms with Gasteiger partial charge in [0.1, 0.15) is 5.75 Å². The number of hydrogen-bond donors (Lipinski definition) is 2. The zero-order chi connectivity index (χ0) is 14.6. The van der Waals surface area contributed by atoms with Crippen LogP contribution >= 0.6 is 0 Å². The molecule has 0 aliphatic rings. The van der Waals surface area contributed by atoms with Gasteiger partial charge in [-0.05, 0) is 24.6 Å². The maximum Gasteiger partial charge on any atom is 0.227 e. The van der Waals surface area contributed by atoms with Gasteiger partial charge in [0.2, 0.25) is 5.91 Å². The van der Waals surface area contributed by atoms with Crippen LogP contribution in [0.25, 0.3) is 0 Å². The van der Waals surface area contributed by atoms with Crippen LogP contribution in [0.1, 0.15) is 27.2 Å². The van der Waals surface area contributed by atoms with Gasteiger partial charge in [-0.15, -0.1) is 0 Å². The Morgan fingerprint density at radius 3 is 2.53 bits per heavy atom. The van der Waals surface area contributed by atoms with E-state index in [4.69, 9.17) is 0 Å². The van der Waals surface area contributed by atoms with Crippen LogP contribution in [0.15, 0.2) is 23.1 Å². The van der Waals surface area contributed by atoms with Crippen molar-refractivity contribution in [3.63, 3.8) is 0 Å². The van der Waals surface area contributed by atoms with E-state index in [1.165, 1.54) is 18.2 Å². The third-order valence-electron chi connectivity index (χ3n) is 3.03. The van der Waals surface area contributed by atoms with Crippen LogP contribution < -0.4 is 5.32 Å². The molecule has 0 aromatic heterocycles. The highest BCUT2D eigenvalue weighted by Crippen LogP contribution is 2.27. The van der Waals surface area contributed by atoms with Crippen molar-refractivity contribution in [2.45, 2.75) is 32.1 Å². The Labute approximate surface area is 113 Å². The number of rotatable bonds is 5. The Balaban J connectivity index is 3.09. The Bertz CT molecular complexity index is 566. The molecule has 0 aliphatic heterocycles. The van der Waals surface area contributed by atoms with Gasteiger partial charge in [-0.1, -0.05) is 20.8 Å². The van der Waals surface area contributed by atoms with Crippen LogP contribution in [0.4, 0.5) is 5.69 Å². The zero-order valence-electron chi connectivity index (χ0n) is 11.3. The van der Waals surface area contributed by atoms with E-state index in [-0.39, 0.29) is 33.9 Å². The zero-order valence-corrected chi connectivity index (χ0v) is 12.1. The lowest BCUT2D eigenvalue weighted by Gasteiger charge is -2.12. The summed E-state index contributed by atoms with van der Waals surface area (Å²) in [5, 5.41) is 12.2. The SMILES string of the molecule is CCC(C)C(=O)Nc1cc(S(=O)(=O)CC)ccc1O.